The molecule has 4 N–H and O–H groups in total. The minimum absolute atomic E-state index is 0.213. The van der Waals surface area contributed by atoms with Crippen LogP contribution in [-0.2, 0) is 4.79 Å². The van der Waals surface area contributed by atoms with E-state index in [-0.39, 0.29) is 12.2 Å². The Labute approximate surface area is 138 Å². The standard InChI is InChI=1S/C16H18F2N4O2/c17-11-7-12(18)13(6-10(11)15(20)24)21-8-14(23)22-16(9-19)4-2-1-3-5-16/h6-7,21H,1-5,8H2,(H2,20,24)(H,22,23). The van der Waals surface area contributed by atoms with E-state index in [1.807, 2.05) is 0 Å². The van der Waals surface area contributed by atoms with Gasteiger partial charge in [0.25, 0.3) is 5.91 Å². The molecular formula is C16H18F2N4O2. The summed E-state index contributed by atoms with van der Waals surface area (Å²) in [5, 5.41) is 14.5. The van der Waals surface area contributed by atoms with Gasteiger partial charge in [0.05, 0.1) is 23.9 Å². The molecule has 0 aliphatic heterocycles. The molecule has 1 fully saturated rings. The molecule has 6 nitrogen and oxygen atoms in total. The van der Waals surface area contributed by atoms with Crippen molar-refractivity contribution < 1.29 is 18.4 Å². The third-order valence-electron chi connectivity index (χ3n) is 4.06. The molecule has 0 atom stereocenters. The minimum atomic E-state index is -1.07. The highest BCUT2D eigenvalue weighted by Gasteiger charge is 2.33. The Morgan fingerprint density at radius 3 is 2.46 bits per heavy atom. The van der Waals surface area contributed by atoms with E-state index in [0.29, 0.717) is 18.9 Å². The fraction of sp³-hybridized carbons (Fsp3) is 0.438. The van der Waals surface area contributed by atoms with Crippen LogP contribution in [0.4, 0.5) is 14.5 Å². The summed E-state index contributed by atoms with van der Waals surface area (Å²) in [6.45, 7) is -0.315. The van der Waals surface area contributed by atoms with Crippen molar-refractivity contribution >= 4 is 17.5 Å². The monoisotopic (exact) mass is 336 g/mol. The van der Waals surface area contributed by atoms with Crippen LogP contribution in [-0.4, -0.2) is 23.9 Å². The predicted molar refractivity (Wildman–Crippen MR) is 82.9 cm³/mol. The second-order valence-corrected chi connectivity index (χ2v) is 5.83. The molecule has 128 valence electrons. The molecule has 0 heterocycles. The minimum Gasteiger partial charge on any atom is -0.374 e. The average molecular weight is 336 g/mol. The molecular weight excluding hydrogens is 318 g/mol. The van der Waals surface area contributed by atoms with Crippen LogP contribution in [0.3, 0.4) is 0 Å². The second kappa shape index (κ2) is 7.25. The lowest BCUT2D eigenvalue weighted by molar-refractivity contribution is -0.121. The lowest BCUT2D eigenvalue weighted by atomic mass is 9.83. The summed E-state index contributed by atoms with van der Waals surface area (Å²) in [5.74, 6) is -3.54. The Bertz CT molecular complexity index is 694. The lowest BCUT2D eigenvalue weighted by Crippen LogP contribution is -2.50. The van der Waals surface area contributed by atoms with E-state index < -0.39 is 34.6 Å². The fourth-order valence-corrected chi connectivity index (χ4v) is 2.78. The number of nitrogens with two attached hydrogens (primary N) is 1. The van der Waals surface area contributed by atoms with Crippen molar-refractivity contribution in [1.29, 1.82) is 5.26 Å². The molecule has 1 saturated carbocycles. The number of nitriles is 1. The third-order valence-corrected chi connectivity index (χ3v) is 4.06. The first-order chi connectivity index (χ1) is 11.4. The number of anilines is 1. The van der Waals surface area contributed by atoms with E-state index in [1.54, 1.807) is 0 Å². The fourth-order valence-electron chi connectivity index (χ4n) is 2.78. The Kier molecular flexibility index (Phi) is 5.34. The van der Waals surface area contributed by atoms with Gasteiger partial charge in [0.1, 0.15) is 17.2 Å². The summed E-state index contributed by atoms with van der Waals surface area (Å²) in [5.41, 5.74) is 3.43. The van der Waals surface area contributed by atoms with Crippen molar-refractivity contribution in [3.05, 3.63) is 29.3 Å². The summed E-state index contributed by atoms with van der Waals surface area (Å²) in [6, 6.07) is 3.59. The number of benzene rings is 1. The van der Waals surface area contributed by atoms with Gasteiger partial charge in [-0.3, -0.25) is 9.59 Å². The van der Waals surface area contributed by atoms with Crippen molar-refractivity contribution in [3.8, 4) is 6.07 Å². The van der Waals surface area contributed by atoms with Gasteiger partial charge in [-0.05, 0) is 18.9 Å². The molecule has 0 saturated heterocycles. The maximum atomic E-state index is 13.7. The van der Waals surface area contributed by atoms with Crippen molar-refractivity contribution in [2.24, 2.45) is 5.73 Å². The second-order valence-electron chi connectivity index (χ2n) is 5.83. The Balaban J connectivity index is 2.03. The number of halogens is 2. The summed E-state index contributed by atoms with van der Waals surface area (Å²) in [4.78, 5) is 23.1. The first-order valence-electron chi connectivity index (χ1n) is 7.62. The first kappa shape index (κ1) is 17.7. The summed E-state index contributed by atoms with van der Waals surface area (Å²) < 4.78 is 27.1. The van der Waals surface area contributed by atoms with Crippen molar-refractivity contribution in [3.63, 3.8) is 0 Å². The quantitative estimate of drug-likeness (QED) is 0.762. The summed E-state index contributed by atoms with van der Waals surface area (Å²) >= 11 is 0. The maximum absolute atomic E-state index is 13.7. The number of carbonyl (C=O) groups excluding carboxylic acids is 2. The number of rotatable bonds is 5. The molecule has 1 aliphatic rings. The van der Waals surface area contributed by atoms with Crippen molar-refractivity contribution in [2.75, 3.05) is 11.9 Å². The molecule has 0 bridgehead atoms. The van der Waals surface area contributed by atoms with Crippen LogP contribution < -0.4 is 16.4 Å². The van der Waals surface area contributed by atoms with E-state index in [4.69, 9.17) is 5.73 Å². The van der Waals surface area contributed by atoms with Crippen LogP contribution in [0.5, 0.6) is 0 Å². The molecule has 2 amide bonds. The highest BCUT2D eigenvalue weighted by Crippen LogP contribution is 2.27. The van der Waals surface area contributed by atoms with E-state index in [9.17, 15) is 23.6 Å². The van der Waals surface area contributed by atoms with Crippen LogP contribution in [0.2, 0.25) is 0 Å². The van der Waals surface area contributed by atoms with Gasteiger partial charge >= 0.3 is 0 Å². The number of primary amides is 1. The maximum Gasteiger partial charge on any atom is 0.251 e. The van der Waals surface area contributed by atoms with Crippen molar-refractivity contribution in [1.82, 2.24) is 5.32 Å². The number of carbonyl (C=O) groups is 2. The number of hydrogen-bond acceptors (Lipinski definition) is 4. The molecule has 1 aromatic carbocycles. The zero-order valence-electron chi connectivity index (χ0n) is 13.0. The number of amides is 2. The van der Waals surface area contributed by atoms with Crippen LogP contribution >= 0.6 is 0 Å². The van der Waals surface area contributed by atoms with Gasteiger partial charge in [-0.2, -0.15) is 5.26 Å². The molecule has 8 heteroatoms. The molecule has 1 aromatic rings. The smallest absolute Gasteiger partial charge is 0.251 e. The lowest BCUT2D eigenvalue weighted by Gasteiger charge is -2.31. The zero-order valence-corrected chi connectivity index (χ0v) is 13.0. The van der Waals surface area contributed by atoms with Gasteiger partial charge in [0.15, 0.2) is 0 Å². The van der Waals surface area contributed by atoms with Gasteiger partial charge in [-0.25, -0.2) is 8.78 Å². The highest BCUT2D eigenvalue weighted by atomic mass is 19.1. The predicted octanol–water partition coefficient (Wildman–Crippen LogP) is 1.82. The van der Waals surface area contributed by atoms with Crippen molar-refractivity contribution in [2.45, 2.75) is 37.6 Å². The van der Waals surface area contributed by atoms with Crippen LogP contribution in [0.1, 0.15) is 42.5 Å². The van der Waals surface area contributed by atoms with Crippen LogP contribution in [0, 0.1) is 23.0 Å². The van der Waals surface area contributed by atoms with Crippen LogP contribution in [0.25, 0.3) is 0 Å². The normalized spacial score (nSPS) is 16.0. The third kappa shape index (κ3) is 3.98. The van der Waals surface area contributed by atoms with Gasteiger partial charge in [0, 0.05) is 6.07 Å². The highest BCUT2D eigenvalue weighted by molar-refractivity contribution is 5.94. The van der Waals surface area contributed by atoms with Gasteiger partial charge < -0.3 is 16.4 Å². The largest absolute Gasteiger partial charge is 0.374 e. The van der Waals surface area contributed by atoms with Gasteiger partial charge in [0.2, 0.25) is 5.91 Å². The number of hydrogen-bond donors (Lipinski definition) is 3. The molecule has 24 heavy (non-hydrogen) atoms. The molecule has 0 unspecified atom stereocenters. The SMILES string of the molecule is N#CC1(NC(=O)CNc2cc(C(N)=O)c(F)cc2F)CCCCC1. The summed E-state index contributed by atoms with van der Waals surface area (Å²) in [6.07, 6.45) is 3.89. The molecule has 2 rings (SSSR count). The van der Waals surface area contributed by atoms with Gasteiger partial charge in [-0.15, -0.1) is 0 Å². The van der Waals surface area contributed by atoms with E-state index in [0.717, 1.165) is 25.3 Å². The summed E-state index contributed by atoms with van der Waals surface area (Å²) in [7, 11) is 0. The van der Waals surface area contributed by atoms with E-state index >= 15 is 0 Å². The zero-order chi connectivity index (χ0) is 17.7. The molecule has 0 aromatic heterocycles. The Morgan fingerprint density at radius 1 is 1.21 bits per heavy atom. The topological polar surface area (TPSA) is 108 Å². The van der Waals surface area contributed by atoms with E-state index in [2.05, 4.69) is 16.7 Å². The molecule has 0 radical (unpaired) electrons. The molecule has 1 aliphatic carbocycles. The van der Waals surface area contributed by atoms with Crippen LogP contribution in [0.15, 0.2) is 12.1 Å². The number of nitrogens with zero attached hydrogens (tertiary/aromatic N) is 1. The van der Waals surface area contributed by atoms with Gasteiger partial charge in [-0.1, -0.05) is 19.3 Å². The Morgan fingerprint density at radius 2 is 1.88 bits per heavy atom. The number of nitrogens with one attached hydrogen (secondary N) is 2. The first-order valence-corrected chi connectivity index (χ1v) is 7.62. The molecule has 0 spiro atoms. The van der Waals surface area contributed by atoms with E-state index in [1.165, 1.54) is 0 Å². The average Bonchev–Trinajstić information content (AvgIpc) is 2.54. The Hall–Kier alpha value is -2.69.